The van der Waals surface area contributed by atoms with Gasteiger partial charge in [0.05, 0.1) is 12.0 Å². The first-order valence-corrected chi connectivity index (χ1v) is 8.31. The Bertz CT molecular complexity index is 457. The summed E-state index contributed by atoms with van der Waals surface area (Å²) in [4.78, 5) is 22.5. The Labute approximate surface area is 130 Å². The van der Waals surface area contributed by atoms with Gasteiger partial charge in [-0.15, -0.1) is 0 Å². The normalized spacial score (nSPS) is 10.6. The van der Waals surface area contributed by atoms with Crippen molar-refractivity contribution in [2.24, 2.45) is 5.92 Å². The number of rotatable bonds is 9. The third kappa shape index (κ3) is 7.75. The Morgan fingerprint density at radius 1 is 1.24 bits per heavy atom. The molecule has 1 amide bonds. The van der Waals surface area contributed by atoms with Crippen LogP contribution in [0.25, 0.3) is 0 Å². The molecule has 0 radical (unpaired) electrons. The zero-order valence-electron chi connectivity index (χ0n) is 12.6. The third-order valence-corrected chi connectivity index (χ3v) is 4.28. The van der Waals surface area contributed by atoms with Crippen LogP contribution in [0.15, 0.2) is 24.3 Å². The van der Waals surface area contributed by atoms with E-state index < -0.39 is 5.97 Å². The fourth-order valence-electron chi connectivity index (χ4n) is 1.73. The van der Waals surface area contributed by atoms with Gasteiger partial charge in [-0.3, -0.25) is 4.79 Å². The minimum absolute atomic E-state index is 0.0214. The van der Waals surface area contributed by atoms with Crippen LogP contribution in [0.4, 0.5) is 0 Å². The van der Waals surface area contributed by atoms with E-state index in [1.807, 2.05) is 11.8 Å². The summed E-state index contributed by atoms with van der Waals surface area (Å²) in [5.74, 6) is 1.95. The van der Waals surface area contributed by atoms with Crippen molar-refractivity contribution in [3.8, 4) is 0 Å². The summed E-state index contributed by atoms with van der Waals surface area (Å²) in [7, 11) is 0. The smallest absolute Gasteiger partial charge is 0.335 e. The van der Waals surface area contributed by atoms with Crippen molar-refractivity contribution in [3.05, 3.63) is 35.4 Å². The first-order chi connectivity index (χ1) is 9.99. The van der Waals surface area contributed by atoms with Crippen molar-refractivity contribution in [3.63, 3.8) is 0 Å². The highest BCUT2D eigenvalue weighted by Crippen LogP contribution is 2.08. The highest BCUT2D eigenvalue weighted by molar-refractivity contribution is 7.99. The largest absolute Gasteiger partial charge is 0.478 e. The zero-order chi connectivity index (χ0) is 15.7. The molecule has 4 nitrogen and oxygen atoms in total. The molecule has 0 aliphatic carbocycles. The minimum Gasteiger partial charge on any atom is -0.478 e. The van der Waals surface area contributed by atoms with Crippen LogP contribution in [0.5, 0.6) is 0 Å². The maximum atomic E-state index is 11.7. The number of carboxylic acid groups (broad SMARTS) is 1. The molecule has 0 bridgehead atoms. The van der Waals surface area contributed by atoms with Gasteiger partial charge in [-0.05, 0) is 41.5 Å². The lowest BCUT2D eigenvalue weighted by Crippen LogP contribution is -2.26. The van der Waals surface area contributed by atoms with E-state index in [1.165, 1.54) is 12.1 Å². The van der Waals surface area contributed by atoms with Gasteiger partial charge in [-0.2, -0.15) is 11.8 Å². The Balaban J connectivity index is 2.20. The molecule has 5 heteroatoms. The van der Waals surface area contributed by atoms with Gasteiger partial charge < -0.3 is 10.4 Å². The van der Waals surface area contributed by atoms with E-state index >= 15 is 0 Å². The van der Waals surface area contributed by atoms with Crippen molar-refractivity contribution in [1.29, 1.82) is 0 Å². The lowest BCUT2D eigenvalue weighted by molar-refractivity contribution is -0.120. The number of hydrogen-bond donors (Lipinski definition) is 2. The standard InChI is InChI=1S/C16H23NO3S/c1-12(2)11-21-9-3-8-17-15(18)10-13-4-6-14(7-5-13)16(19)20/h4-7,12H,3,8-11H2,1-2H3,(H,17,18)(H,19,20). The minimum atomic E-state index is -0.954. The third-order valence-electron chi connectivity index (χ3n) is 2.80. The van der Waals surface area contributed by atoms with Crippen LogP contribution in [0.3, 0.4) is 0 Å². The summed E-state index contributed by atoms with van der Waals surface area (Å²) in [5.41, 5.74) is 1.06. The van der Waals surface area contributed by atoms with E-state index in [0.717, 1.165) is 23.5 Å². The summed E-state index contributed by atoms with van der Waals surface area (Å²) in [6, 6.07) is 6.41. The van der Waals surface area contributed by atoms with Crippen LogP contribution < -0.4 is 5.32 Å². The van der Waals surface area contributed by atoms with Crippen LogP contribution >= 0.6 is 11.8 Å². The molecule has 0 fully saturated rings. The molecular formula is C16H23NO3S. The molecule has 0 unspecified atom stereocenters. The molecule has 0 spiro atoms. The summed E-state index contributed by atoms with van der Waals surface area (Å²) >= 11 is 1.91. The lowest BCUT2D eigenvalue weighted by atomic mass is 10.1. The Morgan fingerprint density at radius 3 is 2.48 bits per heavy atom. The van der Waals surface area contributed by atoms with E-state index in [9.17, 15) is 9.59 Å². The number of aromatic carboxylic acids is 1. The van der Waals surface area contributed by atoms with Crippen LogP contribution in [0, 0.1) is 5.92 Å². The average Bonchev–Trinajstić information content (AvgIpc) is 2.43. The second-order valence-corrected chi connectivity index (χ2v) is 6.50. The van der Waals surface area contributed by atoms with Crippen molar-refractivity contribution in [1.82, 2.24) is 5.32 Å². The molecule has 21 heavy (non-hydrogen) atoms. The second kappa shape index (κ2) is 9.45. The molecule has 0 saturated carbocycles. The van der Waals surface area contributed by atoms with Gasteiger partial charge in [0, 0.05) is 6.54 Å². The molecular weight excluding hydrogens is 286 g/mol. The fourth-order valence-corrected chi connectivity index (χ4v) is 2.72. The van der Waals surface area contributed by atoms with Gasteiger partial charge >= 0.3 is 5.97 Å². The van der Waals surface area contributed by atoms with Gasteiger partial charge in [-0.1, -0.05) is 26.0 Å². The number of carbonyl (C=O) groups excluding carboxylic acids is 1. The van der Waals surface area contributed by atoms with E-state index in [1.54, 1.807) is 12.1 Å². The van der Waals surface area contributed by atoms with E-state index in [4.69, 9.17) is 5.11 Å². The Morgan fingerprint density at radius 2 is 1.90 bits per heavy atom. The van der Waals surface area contributed by atoms with Gasteiger partial charge in [0.2, 0.25) is 5.91 Å². The lowest BCUT2D eigenvalue weighted by Gasteiger charge is -2.07. The van der Waals surface area contributed by atoms with Gasteiger partial charge in [0.1, 0.15) is 0 Å². The SMILES string of the molecule is CC(C)CSCCCNC(=O)Cc1ccc(C(=O)O)cc1. The average molecular weight is 309 g/mol. The van der Waals surface area contributed by atoms with Crippen LogP contribution in [0.1, 0.15) is 36.2 Å². The summed E-state index contributed by atoms with van der Waals surface area (Å²) in [5, 5.41) is 11.7. The van der Waals surface area contributed by atoms with Crippen LogP contribution in [-0.4, -0.2) is 35.0 Å². The number of hydrogen-bond acceptors (Lipinski definition) is 3. The molecule has 1 aromatic carbocycles. The first kappa shape index (κ1) is 17.6. The molecule has 2 N–H and O–H groups in total. The molecule has 0 aliphatic rings. The van der Waals surface area contributed by atoms with Gasteiger partial charge in [0.15, 0.2) is 0 Å². The quantitative estimate of drug-likeness (QED) is 0.688. The second-order valence-electron chi connectivity index (χ2n) is 5.35. The van der Waals surface area contributed by atoms with Crippen LogP contribution in [0.2, 0.25) is 0 Å². The van der Waals surface area contributed by atoms with Crippen molar-refractivity contribution in [2.75, 3.05) is 18.1 Å². The molecule has 0 aliphatic heterocycles. The number of carbonyl (C=O) groups is 2. The predicted octanol–water partition coefficient (Wildman–Crippen LogP) is 2.82. The monoisotopic (exact) mass is 309 g/mol. The zero-order valence-corrected chi connectivity index (χ0v) is 13.4. The fraction of sp³-hybridized carbons (Fsp3) is 0.500. The van der Waals surface area contributed by atoms with Crippen LogP contribution in [-0.2, 0) is 11.2 Å². The number of benzene rings is 1. The van der Waals surface area contributed by atoms with E-state index in [0.29, 0.717) is 18.9 Å². The highest BCUT2D eigenvalue weighted by Gasteiger charge is 2.05. The number of nitrogens with one attached hydrogen (secondary N) is 1. The van der Waals surface area contributed by atoms with Crippen molar-refractivity contribution in [2.45, 2.75) is 26.7 Å². The molecule has 1 rings (SSSR count). The molecule has 0 saturated heterocycles. The van der Waals surface area contributed by atoms with Crippen molar-refractivity contribution >= 4 is 23.6 Å². The molecule has 0 aromatic heterocycles. The maximum absolute atomic E-state index is 11.7. The Kier molecular flexibility index (Phi) is 7.90. The summed E-state index contributed by atoms with van der Waals surface area (Å²) in [6.45, 7) is 5.09. The predicted molar refractivity (Wildman–Crippen MR) is 86.9 cm³/mol. The van der Waals surface area contributed by atoms with Gasteiger partial charge in [0.25, 0.3) is 0 Å². The first-order valence-electron chi connectivity index (χ1n) is 7.15. The molecule has 116 valence electrons. The van der Waals surface area contributed by atoms with E-state index in [-0.39, 0.29) is 11.5 Å². The molecule has 1 aromatic rings. The summed E-state index contributed by atoms with van der Waals surface area (Å²) in [6.07, 6.45) is 1.26. The Hall–Kier alpha value is -1.49. The highest BCUT2D eigenvalue weighted by atomic mass is 32.2. The number of amides is 1. The summed E-state index contributed by atoms with van der Waals surface area (Å²) < 4.78 is 0. The number of carboxylic acids is 1. The van der Waals surface area contributed by atoms with E-state index in [2.05, 4.69) is 19.2 Å². The topological polar surface area (TPSA) is 66.4 Å². The molecule has 0 heterocycles. The van der Waals surface area contributed by atoms with Crippen molar-refractivity contribution < 1.29 is 14.7 Å². The maximum Gasteiger partial charge on any atom is 0.335 e. The molecule has 0 atom stereocenters. The number of thioether (sulfide) groups is 1. The van der Waals surface area contributed by atoms with Gasteiger partial charge in [-0.25, -0.2) is 4.79 Å².